The Hall–Kier alpha value is -0.400. The zero-order valence-corrected chi connectivity index (χ0v) is 20.0. The zero-order valence-electron chi connectivity index (χ0n) is 20.0. The highest BCUT2D eigenvalue weighted by Gasteiger charge is 2.35. The minimum absolute atomic E-state index is 0.292. The maximum atomic E-state index is 10.3. The molecule has 31 heavy (non-hydrogen) atoms. The molecule has 0 heterocycles. The van der Waals surface area contributed by atoms with Gasteiger partial charge >= 0.3 is 0 Å². The highest BCUT2D eigenvalue weighted by atomic mass is 16.7. The third kappa shape index (κ3) is 16.8. The van der Waals surface area contributed by atoms with Gasteiger partial charge in [-0.25, -0.2) is 0 Å². The van der Waals surface area contributed by atoms with E-state index in [9.17, 15) is 15.3 Å². The van der Waals surface area contributed by atoms with Crippen molar-refractivity contribution < 1.29 is 24.8 Å². The van der Waals surface area contributed by atoms with Crippen LogP contribution in [0.2, 0.25) is 0 Å². The number of aliphatic hydroxyl groups excluding tert-OH is 2. The van der Waals surface area contributed by atoms with Crippen LogP contribution in [-0.4, -0.2) is 112 Å². The smallest absolute Gasteiger partial charge is 0.170 e. The predicted octanol–water partition coefficient (Wildman–Crippen LogP) is -1.94. The summed E-state index contributed by atoms with van der Waals surface area (Å²) >= 11 is 0. The molecular formula is C21H49N5O5. The standard InChI is InChI=1S/C21H49N5O5/c1-17(2)16-30-20(31-19(15-28)18(14-27)21(3,4)29)13-26-12-11-25-10-9-24-8-7-23-6-5-22/h17-20,23-29H,5-16,22H2,1-4H3. The van der Waals surface area contributed by atoms with Gasteiger partial charge in [0, 0.05) is 64.8 Å². The van der Waals surface area contributed by atoms with E-state index in [2.05, 4.69) is 21.3 Å². The van der Waals surface area contributed by atoms with E-state index in [1.807, 2.05) is 13.8 Å². The molecule has 0 bridgehead atoms. The number of nitrogens with two attached hydrogens (primary N) is 1. The molecule has 0 rings (SSSR count). The molecule has 0 saturated heterocycles. The fourth-order valence-corrected chi connectivity index (χ4v) is 2.93. The molecule has 0 spiro atoms. The van der Waals surface area contributed by atoms with E-state index in [-0.39, 0.29) is 13.2 Å². The third-order valence-electron chi connectivity index (χ3n) is 4.74. The van der Waals surface area contributed by atoms with Crippen molar-refractivity contribution in [3.05, 3.63) is 0 Å². The molecule has 0 aliphatic heterocycles. The Bertz CT molecular complexity index is 399. The molecule has 0 aliphatic carbocycles. The zero-order chi connectivity index (χ0) is 23.5. The molecule has 9 N–H and O–H groups in total. The third-order valence-corrected chi connectivity index (χ3v) is 4.74. The summed E-state index contributed by atoms with van der Waals surface area (Å²) < 4.78 is 11.8. The number of rotatable bonds is 22. The van der Waals surface area contributed by atoms with Gasteiger partial charge < -0.3 is 51.8 Å². The van der Waals surface area contributed by atoms with Gasteiger partial charge in [-0.1, -0.05) is 13.8 Å². The summed E-state index contributed by atoms with van der Waals surface area (Å²) in [5.41, 5.74) is 4.24. The van der Waals surface area contributed by atoms with Gasteiger partial charge in [-0.2, -0.15) is 0 Å². The summed E-state index contributed by atoms with van der Waals surface area (Å²) in [6, 6.07) is 0. The van der Waals surface area contributed by atoms with Crippen molar-refractivity contribution >= 4 is 0 Å². The first-order valence-corrected chi connectivity index (χ1v) is 11.5. The van der Waals surface area contributed by atoms with Gasteiger partial charge in [0.25, 0.3) is 0 Å². The molecule has 188 valence electrons. The van der Waals surface area contributed by atoms with Crippen molar-refractivity contribution in [1.29, 1.82) is 0 Å². The first-order chi connectivity index (χ1) is 14.8. The topological polar surface area (TPSA) is 153 Å². The van der Waals surface area contributed by atoms with Gasteiger partial charge in [0.05, 0.1) is 31.5 Å². The normalized spacial score (nSPS) is 15.4. The minimum Gasteiger partial charge on any atom is -0.396 e. The van der Waals surface area contributed by atoms with Gasteiger partial charge in [0.15, 0.2) is 6.29 Å². The van der Waals surface area contributed by atoms with Crippen LogP contribution in [0.15, 0.2) is 0 Å². The first kappa shape index (κ1) is 30.6. The van der Waals surface area contributed by atoms with Crippen molar-refractivity contribution in [2.45, 2.75) is 45.7 Å². The fourth-order valence-electron chi connectivity index (χ4n) is 2.93. The summed E-state index contributed by atoms with van der Waals surface area (Å²) in [5, 5.41) is 42.9. The fraction of sp³-hybridized carbons (Fsp3) is 1.00. The lowest BCUT2D eigenvalue weighted by Gasteiger charge is -2.35. The molecule has 0 saturated carbocycles. The van der Waals surface area contributed by atoms with Gasteiger partial charge in [-0.3, -0.25) is 0 Å². The van der Waals surface area contributed by atoms with Gasteiger partial charge in [0.2, 0.25) is 0 Å². The second-order valence-electron chi connectivity index (χ2n) is 8.70. The molecule has 3 unspecified atom stereocenters. The summed E-state index contributed by atoms with van der Waals surface area (Å²) in [4.78, 5) is 0. The van der Waals surface area contributed by atoms with E-state index in [0.29, 0.717) is 25.6 Å². The van der Waals surface area contributed by atoms with Crippen LogP contribution in [0.25, 0.3) is 0 Å². The highest BCUT2D eigenvalue weighted by Crippen LogP contribution is 2.23. The summed E-state index contributed by atoms with van der Waals surface area (Å²) in [5.74, 6) is -0.288. The summed E-state index contributed by atoms with van der Waals surface area (Å²) in [7, 11) is 0. The van der Waals surface area contributed by atoms with Crippen LogP contribution in [0.4, 0.5) is 0 Å². The Morgan fingerprint density at radius 3 is 1.77 bits per heavy atom. The molecule has 0 aromatic rings. The van der Waals surface area contributed by atoms with Crippen molar-refractivity contribution in [2.24, 2.45) is 17.6 Å². The second kappa shape index (κ2) is 19.1. The van der Waals surface area contributed by atoms with Crippen molar-refractivity contribution in [3.8, 4) is 0 Å². The number of hydrogen-bond acceptors (Lipinski definition) is 10. The average Bonchev–Trinajstić information content (AvgIpc) is 2.70. The Labute approximate surface area is 188 Å². The van der Waals surface area contributed by atoms with Crippen LogP contribution < -0.4 is 27.0 Å². The predicted molar refractivity (Wildman–Crippen MR) is 124 cm³/mol. The molecule has 0 amide bonds. The summed E-state index contributed by atoms with van der Waals surface area (Å²) in [6.45, 7) is 14.3. The Morgan fingerprint density at radius 1 is 0.839 bits per heavy atom. The summed E-state index contributed by atoms with van der Waals surface area (Å²) in [6.07, 6.45) is -1.31. The average molecular weight is 452 g/mol. The Morgan fingerprint density at radius 2 is 1.35 bits per heavy atom. The number of aliphatic hydroxyl groups is 3. The quantitative estimate of drug-likeness (QED) is 0.0689. The van der Waals surface area contributed by atoms with Gasteiger partial charge in [-0.05, 0) is 19.8 Å². The lowest BCUT2D eigenvalue weighted by atomic mass is 9.87. The monoisotopic (exact) mass is 451 g/mol. The molecular weight excluding hydrogens is 402 g/mol. The van der Waals surface area contributed by atoms with E-state index in [4.69, 9.17) is 15.2 Å². The van der Waals surface area contributed by atoms with Crippen LogP contribution in [-0.2, 0) is 9.47 Å². The molecule has 0 aromatic heterocycles. The largest absolute Gasteiger partial charge is 0.396 e. The van der Waals surface area contributed by atoms with Crippen LogP contribution >= 0.6 is 0 Å². The highest BCUT2D eigenvalue weighted by molar-refractivity contribution is 4.84. The van der Waals surface area contributed by atoms with Gasteiger partial charge in [0.1, 0.15) is 0 Å². The Balaban J connectivity index is 4.20. The van der Waals surface area contributed by atoms with Crippen LogP contribution in [0, 0.1) is 11.8 Å². The van der Waals surface area contributed by atoms with Crippen LogP contribution in [0.5, 0.6) is 0 Å². The van der Waals surface area contributed by atoms with E-state index >= 15 is 0 Å². The van der Waals surface area contributed by atoms with E-state index in [0.717, 1.165) is 45.8 Å². The van der Waals surface area contributed by atoms with E-state index in [1.54, 1.807) is 13.8 Å². The van der Waals surface area contributed by atoms with E-state index < -0.39 is 23.9 Å². The number of ether oxygens (including phenoxy) is 2. The van der Waals surface area contributed by atoms with E-state index in [1.165, 1.54) is 0 Å². The lowest BCUT2D eigenvalue weighted by Crippen LogP contribution is -2.48. The molecule has 3 atom stereocenters. The molecule has 0 aliphatic rings. The molecule has 0 aromatic carbocycles. The second-order valence-corrected chi connectivity index (χ2v) is 8.70. The van der Waals surface area contributed by atoms with Crippen LogP contribution in [0.1, 0.15) is 27.7 Å². The van der Waals surface area contributed by atoms with Crippen LogP contribution in [0.3, 0.4) is 0 Å². The molecule has 10 heteroatoms. The Kier molecular flexibility index (Phi) is 18.9. The molecule has 0 fully saturated rings. The lowest BCUT2D eigenvalue weighted by molar-refractivity contribution is -0.211. The maximum Gasteiger partial charge on any atom is 0.170 e. The van der Waals surface area contributed by atoms with Crippen molar-refractivity contribution in [1.82, 2.24) is 21.3 Å². The maximum absolute atomic E-state index is 10.3. The molecule has 10 nitrogen and oxygen atoms in total. The van der Waals surface area contributed by atoms with Gasteiger partial charge in [-0.15, -0.1) is 0 Å². The number of nitrogens with one attached hydrogen (secondary N) is 4. The minimum atomic E-state index is -1.18. The molecule has 0 radical (unpaired) electrons. The van der Waals surface area contributed by atoms with Crippen molar-refractivity contribution in [2.75, 3.05) is 78.7 Å². The number of hydrogen-bond donors (Lipinski definition) is 8. The SMILES string of the molecule is CC(C)COC(CNCCNCCNCCNCCN)OC(CO)C(CO)C(C)(C)O. The van der Waals surface area contributed by atoms with Crippen molar-refractivity contribution in [3.63, 3.8) is 0 Å². The first-order valence-electron chi connectivity index (χ1n) is 11.5.